The lowest BCUT2D eigenvalue weighted by Crippen LogP contribution is -2.41. The van der Waals surface area contributed by atoms with Crippen molar-refractivity contribution in [3.63, 3.8) is 0 Å². The van der Waals surface area contributed by atoms with Gasteiger partial charge in [0, 0.05) is 19.2 Å². The molecule has 1 atom stereocenters. The highest BCUT2D eigenvalue weighted by molar-refractivity contribution is 7.89. The van der Waals surface area contributed by atoms with Crippen LogP contribution in [0.5, 0.6) is 0 Å². The van der Waals surface area contributed by atoms with Crippen molar-refractivity contribution >= 4 is 21.1 Å². The number of oxazole rings is 1. The number of aryl methyl sites for hydroxylation is 1. The van der Waals surface area contributed by atoms with Crippen molar-refractivity contribution in [2.24, 2.45) is 13.0 Å². The third kappa shape index (κ3) is 3.02. The quantitative estimate of drug-likeness (QED) is 0.833. The smallest absolute Gasteiger partial charge is 0.408 e. The van der Waals surface area contributed by atoms with Crippen LogP contribution < -0.4 is 10.5 Å². The molecule has 2 rings (SSSR count). The Balaban J connectivity index is 2.43. The van der Waals surface area contributed by atoms with Crippen LogP contribution in [0.3, 0.4) is 0 Å². The summed E-state index contributed by atoms with van der Waals surface area (Å²) in [6.07, 6.45) is 0. The molecular weight excluding hydrogens is 296 g/mol. The van der Waals surface area contributed by atoms with Gasteiger partial charge in [-0.3, -0.25) is 4.57 Å². The highest BCUT2D eigenvalue weighted by Gasteiger charge is 2.23. The van der Waals surface area contributed by atoms with E-state index in [0.717, 1.165) is 0 Å². The summed E-state index contributed by atoms with van der Waals surface area (Å²) in [6.45, 7) is 3.32. The summed E-state index contributed by atoms with van der Waals surface area (Å²) in [5.74, 6) is -0.605. The zero-order chi connectivity index (χ0) is 15.8. The SMILES string of the molecule is CC(C)C(CO)NS(=O)(=O)c1ccc2c(c1)oc(=O)n2C. The third-order valence-corrected chi connectivity index (χ3v) is 4.87. The van der Waals surface area contributed by atoms with Crippen molar-refractivity contribution in [1.82, 2.24) is 9.29 Å². The number of aromatic nitrogens is 1. The van der Waals surface area contributed by atoms with Crippen LogP contribution in [-0.4, -0.2) is 30.7 Å². The van der Waals surface area contributed by atoms with Crippen molar-refractivity contribution in [3.8, 4) is 0 Å². The van der Waals surface area contributed by atoms with Gasteiger partial charge in [-0.1, -0.05) is 13.8 Å². The molecule has 2 aromatic rings. The second-order valence-electron chi connectivity index (χ2n) is 5.21. The first kappa shape index (κ1) is 15.7. The van der Waals surface area contributed by atoms with Gasteiger partial charge in [0.25, 0.3) is 0 Å². The summed E-state index contributed by atoms with van der Waals surface area (Å²) in [4.78, 5) is 11.4. The highest BCUT2D eigenvalue weighted by atomic mass is 32.2. The topological polar surface area (TPSA) is 102 Å². The summed E-state index contributed by atoms with van der Waals surface area (Å²) in [5.41, 5.74) is 0.719. The van der Waals surface area contributed by atoms with Crippen LogP contribution in [-0.2, 0) is 17.1 Å². The molecule has 1 aromatic carbocycles. The van der Waals surface area contributed by atoms with Gasteiger partial charge in [0.2, 0.25) is 10.0 Å². The van der Waals surface area contributed by atoms with E-state index < -0.39 is 21.8 Å². The predicted molar refractivity (Wildman–Crippen MR) is 77.5 cm³/mol. The molecule has 8 heteroatoms. The minimum atomic E-state index is -3.79. The molecular formula is C13H18N2O5S. The maximum Gasteiger partial charge on any atom is 0.419 e. The number of hydrogen-bond acceptors (Lipinski definition) is 5. The van der Waals surface area contributed by atoms with Crippen LogP contribution in [0, 0.1) is 5.92 Å². The lowest BCUT2D eigenvalue weighted by molar-refractivity contribution is 0.227. The average molecular weight is 314 g/mol. The van der Waals surface area contributed by atoms with Gasteiger partial charge in [0.15, 0.2) is 5.58 Å². The second kappa shape index (κ2) is 5.63. The van der Waals surface area contributed by atoms with Crippen molar-refractivity contribution in [2.75, 3.05) is 6.61 Å². The summed E-state index contributed by atoms with van der Waals surface area (Å²) < 4.78 is 33.3. The molecule has 116 valence electrons. The van der Waals surface area contributed by atoms with E-state index >= 15 is 0 Å². The number of aliphatic hydroxyl groups excluding tert-OH is 1. The van der Waals surface area contributed by atoms with Crippen LogP contribution >= 0.6 is 0 Å². The number of fused-ring (bicyclic) bond motifs is 1. The highest BCUT2D eigenvalue weighted by Crippen LogP contribution is 2.18. The Kier molecular flexibility index (Phi) is 4.22. The molecule has 0 bridgehead atoms. The zero-order valence-electron chi connectivity index (χ0n) is 12.0. The van der Waals surface area contributed by atoms with E-state index in [-0.39, 0.29) is 23.0 Å². The van der Waals surface area contributed by atoms with Gasteiger partial charge in [-0.2, -0.15) is 0 Å². The molecule has 1 aromatic heterocycles. The number of nitrogens with zero attached hydrogens (tertiary/aromatic N) is 1. The first-order chi connectivity index (χ1) is 9.76. The van der Waals surface area contributed by atoms with Crippen LogP contribution in [0.25, 0.3) is 11.1 Å². The van der Waals surface area contributed by atoms with E-state index in [9.17, 15) is 18.3 Å². The van der Waals surface area contributed by atoms with E-state index in [1.54, 1.807) is 7.05 Å². The Morgan fingerprint density at radius 3 is 2.62 bits per heavy atom. The molecule has 0 spiro atoms. The Morgan fingerprint density at radius 1 is 1.38 bits per heavy atom. The van der Waals surface area contributed by atoms with E-state index in [0.29, 0.717) is 5.52 Å². The minimum Gasteiger partial charge on any atom is -0.408 e. The number of aliphatic hydroxyl groups is 1. The molecule has 0 fully saturated rings. The largest absolute Gasteiger partial charge is 0.419 e. The van der Waals surface area contributed by atoms with E-state index in [1.165, 1.54) is 22.8 Å². The number of rotatable bonds is 5. The fraction of sp³-hybridized carbons (Fsp3) is 0.462. The van der Waals surface area contributed by atoms with Crippen molar-refractivity contribution in [2.45, 2.75) is 24.8 Å². The molecule has 0 aliphatic heterocycles. The van der Waals surface area contributed by atoms with E-state index in [4.69, 9.17) is 4.42 Å². The third-order valence-electron chi connectivity index (χ3n) is 3.38. The predicted octanol–water partition coefficient (Wildman–Crippen LogP) is 0.427. The Bertz CT molecular complexity index is 804. The average Bonchev–Trinajstić information content (AvgIpc) is 2.70. The van der Waals surface area contributed by atoms with Crippen LogP contribution in [0.1, 0.15) is 13.8 Å². The maximum atomic E-state index is 12.3. The minimum absolute atomic E-state index is 0.0107. The Hall–Kier alpha value is -1.64. The van der Waals surface area contributed by atoms with Crippen molar-refractivity contribution in [1.29, 1.82) is 0 Å². The van der Waals surface area contributed by atoms with E-state index in [1.807, 2.05) is 13.8 Å². The molecule has 0 saturated carbocycles. The lowest BCUT2D eigenvalue weighted by atomic mass is 10.1. The maximum absolute atomic E-state index is 12.3. The second-order valence-corrected chi connectivity index (χ2v) is 6.92. The summed E-state index contributed by atoms with van der Waals surface area (Å²) >= 11 is 0. The Morgan fingerprint density at radius 2 is 2.05 bits per heavy atom. The van der Waals surface area contributed by atoms with Gasteiger partial charge in [-0.05, 0) is 18.1 Å². The first-order valence-corrected chi connectivity index (χ1v) is 7.97. The number of sulfonamides is 1. The van der Waals surface area contributed by atoms with Crippen molar-refractivity contribution < 1.29 is 17.9 Å². The van der Waals surface area contributed by atoms with Crippen molar-refractivity contribution in [3.05, 3.63) is 28.7 Å². The van der Waals surface area contributed by atoms with Crippen LogP contribution in [0.2, 0.25) is 0 Å². The van der Waals surface area contributed by atoms with E-state index in [2.05, 4.69) is 4.72 Å². The van der Waals surface area contributed by atoms with Gasteiger partial charge < -0.3 is 9.52 Å². The zero-order valence-corrected chi connectivity index (χ0v) is 12.8. The standard InChI is InChI=1S/C13H18N2O5S/c1-8(2)10(7-16)14-21(18,19)9-4-5-11-12(6-9)20-13(17)15(11)3/h4-6,8,10,14,16H,7H2,1-3H3. The lowest BCUT2D eigenvalue weighted by Gasteiger charge is -2.19. The molecule has 7 nitrogen and oxygen atoms in total. The van der Waals surface area contributed by atoms with Gasteiger partial charge in [0.05, 0.1) is 17.0 Å². The number of benzene rings is 1. The van der Waals surface area contributed by atoms with Gasteiger partial charge in [-0.25, -0.2) is 17.9 Å². The molecule has 1 unspecified atom stereocenters. The molecule has 0 radical (unpaired) electrons. The van der Waals surface area contributed by atoms with Gasteiger partial charge in [-0.15, -0.1) is 0 Å². The molecule has 0 aliphatic rings. The van der Waals surface area contributed by atoms with Gasteiger partial charge >= 0.3 is 5.76 Å². The monoisotopic (exact) mass is 314 g/mol. The number of nitrogens with one attached hydrogen (secondary N) is 1. The first-order valence-electron chi connectivity index (χ1n) is 6.49. The number of hydrogen-bond donors (Lipinski definition) is 2. The normalized spacial score (nSPS) is 14.0. The van der Waals surface area contributed by atoms with Crippen LogP contribution in [0.15, 0.2) is 32.3 Å². The fourth-order valence-electron chi connectivity index (χ4n) is 1.93. The molecule has 0 saturated heterocycles. The fourth-order valence-corrected chi connectivity index (χ4v) is 3.32. The summed E-state index contributed by atoms with van der Waals surface area (Å²) in [5, 5.41) is 9.23. The molecule has 21 heavy (non-hydrogen) atoms. The molecule has 1 heterocycles. The van der Waals surface area contributed by atoms with Gasteiger partial charge in [0.1, 0.15) is 0 Å². The Labute approximate surface area is 122 Å². The molecule has 2 N–H and O–H groups in total. The molecule has 0 amide bonds. The summed E-state index contributed by atoms with van der Waals surface area (Å²) in [6, 6.07) is 3.63. The molecule has 0 aliphatic carbocycles. The van der Waals surface area contributed by atoms with Crippen LogP contribution in [0.4, 0.5) is 0 Å². The summed E-state index contributed by atoms with van der Waals surface area (Å²) in [7, 11) is -2.25.